The molecule has 0 bridgehead atoms. The molecule has 0 saturated carbocycles. The second-order valence-electron chi connectivity index (χ2n) is 2.72. The van der Waals surface area contributed by atoms with Crippen LogP contribution >= 0.6 is 11.8 Å². The van der Waals surface area contributed by atoms with Crippen molar-refractivity contribution in [2.45, 2.75) is 0 Å². The van der Waals surface area contributed by atoms with E-state index in [1.54, 1.807) is 6.07 Å². The van der Waals surface area contributed by atoms with Crippen molar-refractivity contribution in [3.05, 3.63) is 24.0 Å². The average molecular weight is 214 g/mol. The molecule has 5 heteroatoms. The second-order valence-corrected chi connectivity index (χ2v) is 3.58. The minimum atomic E-state index is -0.521. The van der Waals surface area contributed by atoms with E-state index in [0.29, 0.717) is 11.4 Å². The lowest BCUT2D eigenvalue weighted by molar-refractivity contribution is -0.113. The summed E-state index contributed by atoms with van der Waals surface area (Å²) in [4.78, 5) is 11.1. The van der Waals surface area contributed by atoms with Gasteiger partial charge in [0.2, 0.25) is 5.91 Å². The topological polar surface area (TPSA) is 55.1 Å². The molecule has 14 heavy (non-hydrogen) atoms. The smallest absolute Gasteiger partial charge is 0.234 e. The molecular weight excluding hydrogens is 203 g/mol. The number of halogens is 1. The van der Waals surface area contributed by atoms with Crippen LogP contribution in [0.25, 0.3) is 0 Å². The Hall–Kier alpha value is -1.23. The first-order chi connectivity index (χ1) is 6.63. The van der Waals surface area contributed by atoms with Crippen LogP contribution in [0.5, 0.6) is 0 Å². The van der Waals surface area contributed by atoms with E-state index in [9.17, 15) is 9.18 Å². The normalized spacial score (nSPS) is 9.86. The molecule has 76 valence electrons. The summed E-state index contributed by atoms with van der Waals surface area (Å²) in [5.74, 6) is -0.319. The van der Waals surface area contributed by atoms with Crippen molar-refractivity contribution in [3.63, 3.8) is 0 Å². The summed E-state index contributed by atoms with van der Waals surface area (Å²) in [6.07, 6.45) is 1.82. The predicted octanol–water partition coefficient (Wildman–Crippen LogP) is 1.71. The van der Waals surface area contributed by atoms with Crippen LogP contribution in [0.1, 0.15) is 0 Å². The van der Waals surface area contributed by atoms with Gasteiger partial charge in [-0.3, -0.25) is 4.79 Å². The van der Waals surface area contributed by atoms with E-state index in [0.717, 1.165) is 0 Å². The lowest BCUT2D eigenvalue weighted by Gasteiger charge is -2.04. The summed E-state index contributed by atoms with van der Waals surface area (Å²) in [5.41, 5.74) is 5.79. The van der Waals surface area contributed by atoms with E-state index in [4.69, 9.17) is 5.73 Å². The van der Waals surface area contributed by atoms with Crippen LogP contribution in [0.3, 0.4) is 0 Å². The number of benzene rings is 1. The number of carbonyl (C=O) groups is 1. The number of nitrogens with one attached hydrogen (secondary N) is 1. The highest BCUT2D eigenvalue weighted by molar-refractivity contribution is 7.99. The molecule has 1 amide bonds. The van der Waals surface area contributed by atoms with Crippen LogP contribution in [-0.2, 0) is 4.79 Å². The number of thioether (sulfide) groups is 1. The third-order valence-electron chi connectivity index (χ3n) is 1.56. The molecule has 0 radical (unpaired) electrons. The van der Waals surface area contributed by atoms with Gasteiger partial charge in [-0.15, -0.1) is 0 Å². The Kier molecular flexibility index (Phi) is 3.76. The summed E-state index contributed by atoms with van der Waals surface area (Å²) in [6, 6.07) is 4.19. The first-order valence-electron chi connectivity index (χ1n) is 3.97. The van der Waals surface area contributed by atoms with Gasteiger partial charge in [0.15, 0.2) is 0 Å². The average Bonchev–Trinajstić information content (AvgIpc) is 2.12. The molecule has 0 aliphatic carbocycles. The van der Waals surface area contributed by atoms with Crippen LogP contribution in [-0.4, -0.2) is 17.9 Å². The van der Waals surface area contributed by atoms with Gasteiger partial charge in [-0.25, -0.2) is 4.39 Å². The highest BCUT2D eigenvalue weighted by atomic mass is 32.2. The molecule has 0 aliphatic rings. The summed E-state index contributed by atoms with van der Waals surface area (Å²) in [6.45, 7) is 0. The van der Waals surface area contributed by atoms with Crippen molar-refractivity contribution in [2.24, 2.45) is 0 Å². The van der Waals surface area contributed by atoms with Crippen molar-refractivity contribution >= 4 is 29.0 Å². The van der Waals surface area contributed by atoms with Crippen molar-refractivity contribution in [1.29, 1.82) is 0 Å². The lowest BCUT2D eigenvalue weighted by atomic mass is 10.2. The van der Waals surface area contributed by atoms with Gasteiger partial charge >= 0.3 is 0 Å². The zero-order valence-corrected chi connectivity index (χ0v) is 8.53. The van der Waals surface area contributed by atoms with Gasteiger partial charge in [0.25, 0.3) is 0 Å². The van der Waals surface area contributed by atoms with Gasteiger partial charge in [-0.1, -0.05) is 0 Å². The van der Waals surface area contributed by atoms with E-state index in [2.05, 4.69) is 5.32 Å². The number of nitrogens with two attached hydrogens (primary N) is 1. The van der Waals surface area contributed by atoms with E-state index < -0.39 is 5.82 Å². The largest absolute Gasteiger partial charge is 0.396 e. The molecule has 0 aliphatic heterocycles. The van der Waals surface area contributed by atoms with Gasteiger partial charge in [0, 0.05) is 5.69 Å². The fourth-order valence-corrected chi connectivity index (χ4v) is 1.27. The highest BCUT2D eigenvalue weighted by Gasteiger charge is 2.03. The van der Waals surface area contributed by atoms with Gasteiger partial charge in [-0.2, -0.15) is 11.8 Å². The molecule has 0 saturated heterocycles. The fraction of sp³-hybridized carbons (Fsp3) is 0.222. The summed E-state index contributed by atoms with van der Waals surface area (Å²) >= 11 is 1.41. The minimum Gasteiger partial charge on any atom is -0.396 e. The van der Waals surface area contributed by atoms with Crippen molar-refractivity contribution in [2.75, 3.05) is 23.1 Å². The number of rotatable bonds is 3. The SMILES string of the molecule is CSCC(=O)Nc1ccc(N)c(F)c1. The Labute approximate surface area is 85.9 Å². The van der Waals surface area contributed by atoms with Crippen molar-refractivity contribution in [3.8, 4) is 0 Å². The number of amides is 1. The van der Waals surface area contributed by atoms with Crippen LogP contribution in [0, 0.1) is 5.82 Å². The minimum absolute atomic E-state index is 0.0767. The second kappa shape index (κ2) is 4.85. The Morgan fingerprint density at radius 1 is 1.64 bits per heavy atom. The summed E-state index contributed by atoms with van der Waals surface area (Å²) in [5, 5.41) is 2.56. The number of anilines is 2. The first kappa shape index (κ1) is 10.8. The van der Waals surface area contributed by atoms with Gasteiger partial charge < -0.3 is 11.1 Å². The maximum Gasteiger partial charge on any atom is 0.234 e. The number of hydrogen-bond donors (Lipinski definition) is 2. The maximum atomic E-state index is 12.9. The zero-order valence-electron chi connectivity index (χ0n) is 7.71. The molecule has 3 N–H and O–H groups in total. The van der Waals surface area contributed by atoms with Gasteiger partial charge in [0.05, 0.1) is 11.4 Å². The van der Waals surface area contributed by atoms with Crippen molar-refractivity contribution < 1.29 is 9.18 Å². The predicted molar refractivity (Wildman–Crippen MR) is 57.8 cm³/mol. The fourth-order valence-electron chi connectivity index (χ4n) is 0.933. The molecule has 0 spiro atoms. The van der Waals surface area contributed by atoms with Crippen LogP contribution in [0.2, 0.25) is 0 Å². The summed E-state index contributed by atoms with van der Waals surface area (Å²) in [7, 11) is 0. The molecule has 0 fully saturated rings. The number of hydrogen-bond acceptors (Lipinski definition) is 3. The molecule has 3 nitrogen and oxygen atoms in total. The highest BCUT2D eigenvalue weighted by Crippen LogP contribution is 2.15. The van der Waals surface area contributed by atoms with Crippen LogP contribution in [0.15, 0.2) is 18.2 Å². The molecule has 0 unspecified atom stereocenters. The van der Waals surface area contributed by atoms with Crippen LogP contribution in [0.4, 0.5) is 15.8 Å². The van der Waals surface area contributed by atoms with Crippen molar-refractivity contribution in [1.82, 2.24) is 0 Å². The van der Waals surface area contributed by atoms with E-state index in [1.165, 1.54) is 23.9 Å². The van der Waals surface area contributed by atoms with E-state index in [-0.39, 0.29) is 11.6 Å². The number of carbonyl (C=O) groups excluding carboxylic acids is 1. The van der Waals surface area contributed by atoms with E-state index >= 15 is 0 Å². The third-order valence-corrected chi connectivity index (χ3v) is 2.11. The van der Waals surface area contributed by atoms with Crippen LogP contribution < -0.4 is 11.1 Å². The Balaban J connectivity index is 2.68. The Morgan fingerprint density at radius 2 is 2.36 bits per heavy atom. The molecule has 1 rings (SSSR count). The quantitative estimate of drug-likeness (QED) is 0.753. The first-order valence-corrected chi connectivity index (χ1v) is 5.36. The molecule has 1 aromatic carbocycles. The monoisotopic (exact) mass is 214 g/mol. The molecule has 0 aromatic heterocycles. The zero-order chi connectivity index (χ0) is 10.6. The Bertz CT molecular complexity index is 344. The third kappa shape index (κ3) is 2.92. The molecule has 0 atom stereocenters. The summed E-state index contributed by atoms with van der Waals surface area (Å²) < 4.78 is 12.9. The molecule has 0 heterocycles. The molecular formula is C9H11FN2OS. The van der Waals surface area contributed by atoms with E-state index in [1.807, 2.05) is 6.26 Å². The number of nitrogen functional groups attached to an aromatic ring is 1. The van der Waals surface area contributed by atoms with Gasteiger partial charge in [0.1, 0.15) is 5.82 Å². The maximum absolute atomic E-state index is 12.9. The molecule has 1 aromatic rings. The standard InChI is InChI=1S/C9H11FN2OS/c1-14-5-9(13)12-6-2-3-8(11)7(10)4-6/h2-4H,5,11H2,1H3,(H,12,13). The Morgan fingerprint density at radius 3 is 2.93 bits per heavy atom. The van der Waals surface area contributed by atoms with Gasteiger partial charge in [-0.05, 0) is 24.5 Å². The lowest BCUT2D eigenvalue weighted by Crippen LogP contribution is -2.13.